The minimum absolute atomic E-state index is 0.125. The van der Waals surface area contributed by atoms with Crippen molar-refractivity contribution in [3.8, 4) is 0 Å². The van der Waals surface area contributed by atoms with Gasteiger partial charge in [0.05, 0.1) is 24.4 Å². The van der Waals surface area contributed by atoms with Gasteiger partial charge in [0, 0.05) is 5.57 Å². The molecular formula is C16H26O4. The molecule has 2 rings (SSSR count). The van der Waals surface area contributed by atoms with Crippen LogP contribution in [-0.2, 0) is 14.3 Å². The molecule has 0 amide bonds. The summed E-state index contributed by atoms with van der Waals surface area (Å²) in [6.07, 6.45) is 6.28. The molecule has 2 aliphatic rings. The van der Waals surface area contributed by atoms with Crippen molar-refractivity contribution in [2.75, 3.05) is 7.11 Å². The fourth-order valence-corrected chi connectivity index (χ4v) is 3.39. The SMILES string of the molecule is COC(=O)C1=CCCC(C2(C)CCC(C(C)(C)O)O2)C1. The first-order chi connectivity index (χ1) is 9.26. The van der Waals surface area contributed by atoms with Crippen LogP contribution < -0.4 is 0 Å². The summed E-state index contributed by atoms with van der Waals surface area (Å²) in [6.45, 7) is 5.71. The van der Waals surface area contributed by atoms with Crippen molar-refractivity contribution in [2.45, 2.75) is 70.2 Å². The van der Waals surface area contributed by atoms with Crippen LogP contribution in [0.2, 0.25) is 0 Å². The molecule has 0 spiro atoms. The number of rotatable bonds is 3. The number of hydrogen-bond donors (Lipinski definition) is 1. The fraction of sp³-hybridized carbons (Fsp3) is 0.812. The van der Waals surface area contributed by atoms with Gasteiger partial charge < -0.3 is 14.6 Å². The lowest BCUT2D eigenvalue weighted by molar-refractivity contribution is -0.141. The van der Waals surface area contributed by atoms with Crippen molar-refractivity contribution in [3.05, 3.63) is 11.6 Å². The van der Waals surface area contributed by atoms with Crippen LogP contribution in [0.15, 0.2) is 11.6 Å². The maximum absolute atomic E-state index is 11.7. The first kappa shape index (κ1) is 15.5. The molecule has 0 saturated carbocycles. The Morgan fingerprint density at radius 2 is 2.20 bits per heavy atom. The maximum atomic E-state index is 11.7. The minimum Gasteiger partial charge on any atom is -0.466 e. The van der Waals surface area contributed by atoms with Crippen LogP contribution in [-0.4, -0.2) is 35.5 Å². The van der Waals surface area contributed by atoms with E-state index in [0.29, 0.717) is 12.3 Å². The molecule has 0 bridgehead atoms. The van der Waals surface area contributed by atoms with Gasteiger partial charge in [0.15, 0.2) is 0 Å². The summed E-state index contributed by atoms with van der Waals surface area (Å²) >= 11 is 0. The third kappa shape index (κ3) is 3.07. The molecule has 0 aromatic carbocycles. The Morgan fingerprint density at radius 1 is 1.50 bits per heavy atom. The molecule has 20 heavy (non-hydrogen) atoms. The smallest absolute Gasteiger partial charge is 0.333 e. The summed E-state index contributed by atoms with van der Waals surface area (Å²) < 4.78 is 11.0. The quantitative estimate of drug-likeness (QED) is 0.808. The van der Waals surface area contributed by atoms with E-state index in [1.807, 2.05) is 6.08 Å². The van der Waals surface area contributed by atoms with Crippen LogP contribution in [0.4, 0.5) is 0 Å². The van der Waals surface area contributed by atoms with E-state index in [0.717, 1.165) is 31.3 Å². The number of allylic oxidation sites excluding steroid dienone is 1. The third-order valence-corrected chi connectivity index (χ3v) is 4.79. The molecular weight excluding hydrogens is 256 g/mol. The monoisotopic (exact) mass is 282 g/mol. The lowest BCUT2D eigenvalue weighted by Crippen LogP contribution is -2.42. The number of ether oxygens (including phenoxy) is 2. The lowest BCUT2D eigenvalue weighted by atomic mass is 9.76. The first-order valence-corrected chi connectivity index (χ1v) is 7.44. The van der Waals surface area contributed by atoms with Gasteiger partial charge in [-0.2, -0.15) is 0 Å². The highest BCUT2D eigenvalue weighted by molar-refractivity contribution is 5.88. The molecule has 0 aromatic heterocycles. The van der Waals surface area contributed by atoms with Crippen LogP contribution in [0.25, 0.3) is 0 Å². The molecule has 4 heteroatoms. The van der Waals surface area contributed by atoms with Crippen LogP contribution in [0, 0.1) is 5.92 Å². The number of hydrogen-bond acceptors (Lipinski definition) is 4. The van der Waals surface area contributed by atoms with E-state index >= 15 is 0 Å². The van der Waals surface area contributed by atoms with Gasteiger partial charge in [-0.25, -0.2) is 4.79 Å². The number of methoxy groups -OCH3 is 1. The van der Waals surface area contributed by atoms with E-state index in [-0.39, 0.29) is 17.7 Å². The number of aliphatic hydroxyl groups is 1. The van der Waals surface area contributed by atoms with Crippen LogP contribution in [0.3, 0.4) is 0 Å². The van der Waals surface area contributed by atoms with Crippen molar-refractivity contribution in [3.63, 3.8) is 0 Å². The number of carbonyl (C=O) groups excluding carboxylic acids is 1. The van der Waals surface area contributed by atoms with Gasteiger partial charge in [-0.3, -0.25) is 0 Å². The van der Waals surface area contributed by atoms with E-state index in [2.05, 4.69) is 6.92 Å². The van der Waals surface area contributed by atoms with E-state index in [1.54, 1.807) is 13.8 Å². The number of esters is 1. The molecule has 1 N–H and O–H groups in total. The zero-order valence-electron chi connectivity index (χ0n) is 12.9. The lowest BCUT2D eigenvalue weighted by Gasteiger charge is -2.37. The zero-order valence-corrected chi connectivity index (χ0v) is 12.9. The predicted molar refractivity (Wildman–Crippen MR) is 76.2 cm³/mol. The summed E-state index contributed by atoms with van der Waals surface area (Å²) in [6, 6.07) is 0. The van der Waals surface area contributed by atoms with Crippen LogP contribution >= 0.6 is 0 Å². The average Bonchev–Trinajstić information content (AvgIpc) is 2.82. The maximum Gasteiger partial charge on any atom is 0.333 e. The van der Waals surface area contributed by atoms with Gasteiger partial charge in [-0.15, -0.1) is 0 Å². The molecule has 114 valence electrons. The number of carbonyl (C=O) groups is 1. The summed E-state index contributed by atoms with van der Waals surface area (Å²) in [5.74, 6) is 0.0873. The molecule has 1 saturated heterocycles. The second-order valence-electron chi connectivity index (χ2n) is 6.81. The topological polar surface area (TPSA) is 55.8 Å². The van der Waals surface area contributed by atoms with Gasteiger partial charge in [0.1, 0.15) is 0 Å². The Hall–Kier alpha value is -0.870. The van der Waals surface area contributed by atoms with E-state index in [9.17, 15) is 9.90 Å². The Balaban J connectivity index is 2.06. The highest BCUT2D eigenvalue weighted by atomic mass is 16.5. The zero-order chi connectivity index (χ0) is 15.0. The average molecular weight is 282 g/mol. The molecule has 3 atom stereocenters. The van der Waals surface area contributed by atoms with Crippen molar-refractivity contribution in [1.82, 2.24) is 0 Å². The predicted octanol–water partition coefficient (Wildman–Crippen LogP) is 2.59. The summed E-state index contributed by atoms with van der Waals surface area (Å²) in [5, 5.41) is 10.1. The molecule has 1 heterocycles. The standard InChI is InChI=1S/C16H26O4/c1-15(2,18)13-8-9-16(3,20-13)12-7-5-6-11(10-12)14(17)19-4/h6,12-13,18H,5,7-10H2,1-4H3. The van der Waals surface area contributed by atoms with Gasteiger partial charge in [0.2, 0.25) is 0 Å². The largest absolute Gasteiger partial charge is 0.466 e. The summed E-state index contributed by atoms with van der Waals surface area (Å²) in [4.78, 5) is 11.7. The van der Waals surface area contributed by atoms with Crippen LogP contribution in [0.1, 0.15) is 52.9 Å². The second-order valence-corrected chi connectivity index (χ2v) is 6.81. The Bertz CT molecular complexity index is 407. The minimum atomic E-state index is -0.812. The second kappa shape index (κ2) is 5.49. The first-order valence-electron chi connectivity index (χ1n) is 7.44. The Labute approximate surface area is 121 Å². The van der Waals surface area contributed by atoms with E-state index in [1.165, 1.54) is 7.11 Å². The van der Waals surface area contributed by atoms with Gasteiger partial charge >= 0.3 is 5.97 Å². The molecule has 1 aliphatic carbocycles. The van der Waals surface area contributed by atoms with Gasteiger partial charge in [0.25, 0.3) is 0 Å². The van der Waals surface area contributed by atoms with Gasteiger partial charge in [-0.1, -0.05) is 6.08 Å². The van der Waals surface area contributed by atoms with E-state index < -0.39 is 5.60 Å². The Morgan fingerprint density at radius 3 is 2.75 bits per heavy atom. The molecule has 4 nitrogen and oxygen atoms in total. The third-order valence-electron chi connectivity index (χ3n) is 4.79. The molecule has 0 radical (unpaired) electrons. The normalized spacial score (nSPS) is 34.8. The molecule has 0 aromatic rings. The highest BCUT2D eigenvalue weighted by Crippen LogP contribution is 2.45. The molecule has 1 fully saturated rings. The highest BCUT2D eigenvalue weighted by Gasteiger charge is 2.47. The van der Waals surface area contributed by atoms with Crippen molar-refractivity contribution >= 4 is 5.97 Å². The molecule has 1 aliphatic heterocycles. The van der Waals surface area contributed by atoms with Gasteiger partial charge in [-0.05, 0) is 58.8 Å². The van der Waals surface area contributed by atoms with Crippen molar-refractivity contribution in [2.24, 2.45) is 5.92 Å². The fourth-order valence-electron chi connectivity index (χ4n) is 3.39. The van der Waals surface area contributed by atoms with Crippen LogP contribution in [0.5, 0.6) is 0 Å². The van der Waals surface area contributed by atoms with E-state index in [4.69, 9.17) is 9.47 Å². The molecule has 3 unspecified atom stereocenters. The Kier molecular flexibility index (Phi) is 4.26. The van der Waals surface area contributed by atoms with Crippen molar-refractivity contribution < 1.29 is 19.4 Å². The summed E-state index contributed by atoms with van der Waals surface area (Å²) in [5.41, 5.74) is -0.300. The summed E-state index contributed by atoms with van der Waals surface area (Å²) in [7, 11) is 1.42. The van der Waals surface area contributed by atoms with Crippen molar-refractivity contribution in [1.29, 1.82) is 0 Å².